The monoisotopic (exact) mass is 559 g/mol. The number of methoxy groups -OCH3 is 1. The van der Waals surface area contributed by atoms with E-state index in [1.165, 1.54) is 0 Å². The van der Waals surface area contributed by atoms with E-state index >= 15 is 0 Å². The molecule has 1 amide bonds. The zero-order valence-corrected chi connectivity index (χ0v) is 25.9. The van der Waals surface area contributed by atoms with Crippen LogP contribution in [0.25, 0.3) is 33.4 Å². The number of aromatic nitrogens is 3. The van der Waals surface area contributed by atoms with E-state index in [-0.39, 0.29) is 11.9 Å². The molecular weight excluding hydrogens is 518 g/mol. The van der Waals surface area contributed by atoms with E-state index in [1.54, 1.807) is 26.1 Å². The predicted molar refractivity (Wildman–Crippen MR) is 164 cm³/mol. The highest BCUT2D eigenvalue weighted by Gasteiger charge is 2.25. The van der Waals surface area contributed by atoms with Crippen LogP contribution in [0.1, 0.15) is 11.6 Å². The summed E-state index contributed by atoms with van der Waals surface area (Å²) in [5, 5.41) is 5.86. The number of benzene rings is 2. The number of hydrogen-bond acceptors (Lipinski definition) is 6. The van der Waals surface area contributed by atoms with Gasteiger partial charge in [0, 0.05) is 51.5 Å². The fourth-order valence-electron chi connectivity index (χ4n) is 4.67. The van der Waals surface area contributed by atoms with Gasteiger partial charge in [-0.3, -0.25) is 9.69 Å². The third-order valence-corrected chi connectivity index (χ3v) is 8.59. The maximum absolute atomic E-state index is 13.0. The number of carbonyl (C=O) groups is 1. The maximum atomic E-state index is 13.0. The molecule has 0 N–H and O–H groups in total. The van der Waals surface area contributed by atoms with Crippen molar-refractivity contribution in [1.29, 1.82) is 0 Å². The average Bonchev–Trinajstić information content (AvgIpc) is 3.28. The van der Waals surface area contributed by atoms with Crippen LogP contribution in [-0.4, -0.2) is 80.5 Å². The second-order valence-corrected chi connectivity index (χ2v) is 17.3. The van der Waals surface area contributed by atoms with Crippen LogP contribution in [0.3, 0.4) is 0 Å². The molecule has 2 aromatic carbocycles. The van der Waals surface area contributed by atoms with E-state index in [9.17, 15) is 4.79 Å². The van der Waals surface area contributed by atoms with E-state index in [0.717, 1.165) is 50.8 Å². The summed E-state index contributed by atoms with van der Waals surface area (Å²) in [5.41, 5.74) is 5.30. The normalized spacial score (nSPS) is 12.6. The molecule has 1 atom stereocenters. The minimum atomic E-state index is -1.20. The molecule has 0 spiro atoms. The molecular formula is C31H41N5O3Si. The number of pyridine rings is 1. The number of ether oxygens (including phenoxy) is 2. The number of rotatable bonds is 11. The summed E-state index contributed by atoms with van der Waals surface area (Å²) in [4.78, 5) is 21.4. The van der Waals surface area contributed by atoms with Crippen LogP contribution in [0, 0.1) is 0 Å². The summed E-state index contributed by atoms with van der Waals surface area (Å²) in [5.74, 6) is 0.779. The van der Waals surface area contributed by atoms with Gasteiger partial charge >= 0.3 is 0 Å². The van der Waals surface area contributed by atoms with E-state index in [2.05, 4.69) is 31.8 Å². The summed E-state index contributed by atoms with van der Waals surface area (Å²) in [6.07, 6.45) is 1.87. The van der Waals surface area contributed by atoms with Gasteiger partial charge in [0.05, 0.1) is 7.11 Å². The van der Waals surface area contributed by atoms with Gasteiger partial charge in [0.15, 0.2) is 5.65 Å². The third kappa shape index (κ3) is 6.60. The lowest BCUT2D eigenvalue weighted by molar-refractivity contribution is -0.133. The molecule has 4 aromatic rings. The zero-order chi connectivity index (χ0) is 29.0. The molecule has 1 unspecified atom stereocenters. The number of nitrogens with zero attached hydrogens (tertiary/aromatic N) is 5. The minimum absolute atomic E-state index is 0.0320. The molecule has 0 bridgehead atoms. The van der Waals surface area contributed by atoms with Gasteiger partial charge in [-0.25, -0.2) is 9.67 Å². The second kappa shape index (κ2) is 12.3. The molecule has 0 aliphatic heterocycles. The summed E-state index contributed by atoms with van der Waals surface area (Å²) >= 11 is 0. The second-order valence-electron chi connectivity index (χ2n) is 11.7. The smallest absolute Gasteiger partial charge is 0.243 e. The zero-order valence-electron chi connectivity index (χ0n) is 24.9. The van der Waals surface area contributed by atoms with Gasteiger partial charge in [0.25, 0.3) is 0 Å². The predicted octanol–water partition coefficient (Wildman–Crippen LogP) is 5.78. The molecule has 8 nitrogen and oxygen atoms in total. The fraction of sp³-hybridized carbons (Fsp3) is 0.387. The molecule has 4 rings (SSSR count). The minimum Gasteiger partial charge on any atom is -0.496 e. The molecule has 2 heterocycles. The van der Waals surface area contributed by atoms with Crippen molar-refractivity contribution in [2.45, 2.75) is 38.5 Å². The third-order valence-electron chi connectivity index (χ3n) is 6.89. The highest BCUT2D eigenvalue weighted by molar-refractivity contribution is 6.76. The van der Waals surface area contributed by atoms with E-state index in [1.807, 2.05) is 72.3 Å². The van der Waals surface area contributed by atoms with Gasteiger partial charge in [0.2, 0.25) is 5.91 Å². The van der Waals surface area contributed by atoms with Crippen LogP contribution in [0.2, 0.25) is 25.7 Å². The molecule has 0 saturated heterocycles. The first kappa shape index (κ1) is 29.4. The van der Waals surface area contributed by atoms with Crippen molar-refractivity contribution >= 4 is 25.0 Å². The number of fused-ring (bicyclic) bond motifs is 1. The number of para-hydroxylation sites is 1. The Bertz CT molecular complexity index is 1480. The van der Waals surface area contributed by atoms with Gasteiger partial charge in [-0.2, -0.15) is 5.10 Å². The molecule has 0 radical (unpaired) electrons. The molecule has 212 valence electrons. The lowest BCUT2D eigenvalue weighted by Crippen LogP contribution is -2.36. The summed E-state index contributed by atoms with van der Waals surface area (Å²) in [7, 11) is 7.88. The molecule has 9 heteroatoms. The van der Waals surface area contributed by atoms with Crippen LogP contribution < -0.4 is 4.74 Å². The standard InChI is InChI=1S/C31H41N5O3Si/c1-34(2)29(31(37)35(3)4)23-13-11-12-22(18-23)24-19-26-28(25-14-9-10-15-27(25)38-5)33-36(30(26)32-20-24)21-39-16-17-40(6,7)8/h9-15,18-20,29H,16-17,21H2,1-8H3. The first-order valence-electron chi connectivity index (χ1n) is 13.6. The molecule has 0 fully saturated rings. The van der Waals surface area contributed by atoms with Gasteiger partial charge in [0.1, 0.15) is 24.2 Å². The molecule has 0 aliphatic carbocycles. The first-order chi connectivity index (χ1) is 19.0. The van der Waals surface area contributed by atoms with E-state index in [4.69, 9.17) is 19.6 Å². The quantitative estimate of drug-likeness (QED) is 0.171. The van der Waals surface area contributed by atoms with Crippen LogP contribution in [0.15, 0.2) is 60.8 Å². The number of amides is 1. The fourth-order valence-corrected chi connectivity index (χ4v) is 5.43. The van der Waals surface area contributed by atoms with Gasteiger partial charge < -0.3 is 14.4 Å². The maximum Gasteiger partial charge on any atom is 0.243 e. The Morgan fingerprint density at radius 3 is 2.42 bits per heavy atom. The van der Waals surface area contributed by atoms with Gasteiger partial charge in [-0.05, 0) is 55.5 Å². The lowest BCUT2D eigenvalue weighted by atomic mass is 9.98. The Balaban J connectivity index is 1.78. The van der Waals surface area contributed by atoms with Crippen molar-refractivity contribution in [2.24, 2.45) is 0 Å². The van der Waals surface area contributed by atoms with Crippen LogP contribution in [-0.2, 0) is 16.3 Å². The summed E-state index contributed by atoms with van der Waals surface area (Å²) in [6, 6.07) is 18.8. The van der Waals surface area contributed by atoms with Crippen molar-refractivity contribution in [3.63, 3.8) is 0 Å². The van der Waals surface area contributed by atoms with Crippen molar-refractivity contribution < 1.29 is 14.3 Å². The molecule has 40 heavy (non-hydrogen) atoms. The Morgan fingerprint density at radius 2 is 1.75 bits per heavy atom. The molecule has 0 aliphatic rings. The highest BCUT2D eigenvalue weighted by atomic mass is 28.3. The number of likely N-dealkylation sites (N-methyl/N-ethyl adjacent to an activating group) is 2. The lowest BCUT2D eigenvalue weighted by Gasteiger charge is -2.27. The van der Waals surface area contributed by atoms with Crippen molar-refractivity contribution in [1.82, 2.24) is 24.6 Å². The van der Waals surface area contributed by atoms with Crippen molar-refractivity contribution in [3.05, 3.63) is 66.4 Å². The van der Waals surface area contributed by atoms with Gasteiger partial charge in [-0.1, -0.05) is 50.0 Å². The van der Waals surface area contributed by atoms with Gasteiger partial charge in [-0.15, -0.1) is 0 Å². The van der Waals surface area contributed by atoms with Crippen LogP contribution in [0.4, 0.5) is 0 Å². The summed E-state index contributed by atoms with van der Waals surface area (Å²) in [6.45, 7) is 8.05. The Morgan fingerprint density at radius 1 is 1.00 bits per heavy atom. The topological polar surface area (TPSA) is 72.7 Å². The molecule has 2 aromatic heterocycles. The largest absolute Gasteiger partial charge is 0.496 e. The van der Waals surface area contributed by atoms with Crippen molar-refractivity contribution in [2.75, 3.05) is 41.9 Å². The Hall–Kier alpha value is -3.53. The molecule has 0 saturated carbocycles. The average molecular weight is 560 g/mol. The van der Waals surface area contributed by atoms with E-state index < -0.39 is 8.07 Å². The van der Waals surface area contributed by atoms with E-state index in [0.29, 0.717) is 13.3 Å². The number of carbonyl (C=O) groups excluding carboxylic acids is 1. The Labute approximate surface area is 238 Å². The first-order valence-corrected chi connectivity index (χ1v) is 17.3. The van der Waals surface area contributed by atoms with Crippen LogP contribution in [0.5, 0.6) is 5.75 Å². The van der Waals surface area contributed by atoms with Crippen molar-refractivity contribution in [3.8, 4) is 28.1 Å². The number of hydrogen-bond donors (Lipinski definition) is 0. The Kier molecular flexibility index (Phi) is 9.07. The summed E-state index contributed by atoms with van der Waals surface area (Å²) < 4.78 is 13.6. The van der Waals surface area contributed by atoms with Crippen LogP contribution >= 0.6 is 0 Å². The SMILES string of the molecule is COc1ccccc1-c1nn(COCC[Si](C)(C)C)c2ncc(-c3cccc(C(C(=O)N(C)C)N(C)C)c3)cc12. The highest BCUT2D eigenvalue weighted by Crippen LogP contribution is 2.36.